The lowest BCUT2D eigenvalue weighted by Crippen LogP contribution is -2.15. The highest BCUT2D eigenvalue weighted by molar-refractivity contribution is 5.65. The fraction of sp³-hybridized carbons (Fsp3) is 0.250. The molecule has 3 rings (SSSR count). The van der Waals surface area contributed by atoms with Gasteiger partial charge in [-0.1, -0.05) is 12.1 Å². The van der Waals surface area contributed by atoms with E-state index < -0.39 is 0 Å². The lowest BCUT2D eigenvalue weighted by molar-refractivity contribution is 0.968. The molecule has 0 saturated carbocycles. The first-order valence-corrected chi connectivity index (χ1v) is 6.80. The van der Waals surface area contributed by atoms with Gasteiger partial charge in [0.15, 0.2) is 5.65 Å². The van der Waals surface area contributed by atoms with Crippen molar-refractivity contribution in [3.63, 3.8) is 0 Å². The van der Waals surface area contributed by atoms with E-state index in [1.54, 1.807) is 6.20 Å². The van der Waals surface area contributed by atoms with E-state index in [1.165, 1.54) is 5.69 Å². The van der Waals surface area contributed by atoms with Gasteiger partial charge in [0.2, 0.25) is 0 Å². The molecule has 4 nitrogen and oxygen atoms in total. The number of hydrogen-bond acceptors (Lipinski definition) is 3. The average molecular weight is 266 g/mol. The largest absolute Gasteiger partial charge is 0.375 e. The first-order chi connectivity index (χ1) is 9.67. The van der Waals surface area contributed by atoms with Crippen LogP contribution in [0.2, 0.25) is 0 Å². The van der Waals surface area contributed by atoms with Crippen molar-refractivity contribution < 1.29 is 0 Å². The second-order valence-electron chi connectivity index (χ2n) is 4.98. The lowest BCUT2D eigenvalue weighted by Gasteiger charge is -2.16. The Morgan fingerprint density at radius 1 is 1.15 bits per heavy atom. The molecule has 3 aromatic rings. The van der Waals surface area contributed by atoms with Crippen LogP contribution in [0.15, 0.2) is 42.9 Å². The molecule has 0 bridgehead atoms. The Hall–Kier alpha value is -2.36. The van der Waals surface area contributed by atoms with Crippen LogP contribution in [0.4, 0.5) is 5.69 Å². The molecule has 0 spiro atoms. The Morgan fingerprint density at radius 3 is 2.60 bits per heavy atom. The minimum absolute atomic E-state index is 0.875. The number of rotatable bonds is 3. The predicted octanol–water partition coefficient (Wildman–Crippen LogP) is 3.16. The Bertz CT molecular complexity index is 728. The third kappa shape index (κ3) is 2.25. The summed E-state index contributed by atoms with van der Waals surface area (Å²) in [5.41, 5.74) is 5.18. The summed E-state index contributed by atoms with van der Waals surface area (Å²) in [6.07, 6.45) is 5.84. The van der Waals surface area contributed by atoms with Crippen molar-refractivity contribution >= 4 is 11.3 Å². The predicted molar refractivity (Wildman–Crippen MR) is 82.1 cm³/mol. The molecular formula is C16H18N4. The van der Waals surface area contributed by atoms with Crippen LogP contribution in [0.3, 0.4) is 0 Å². The zero-order chi connectivity index (χ0) is 14.1. The van der Waals surface area contributed by atoms with Gasteiger partial charge in [-0.05, 0) is 26.0 Å². The normalized spacial score (nSPS) is 10.9. The number of aromatic nitrogens is 3. The SMILES string of the molecule is CCN(C)c1ccc(-c2cn3cc(C)ncc3n2)cc1. The van der Waals surface area contributed by atoms with E-state index in [0.29, 0.717) is 0 Å². The molecule has 1 aromatic carbocycles. The van der Waals surface area contributed by atoms with E-state index in [9.17, 15) is 0 Å². The van der Waals surface area contributed by atoms with Crippen molar-refractivity contribution in [3.05, 3.63) is 48.5 Å². The van der Waals surface area contributed by atoms with Crippen LogP contribution >= 0.6 is 0 Å². The first kappa shape index (κ1) is 12.7. The van der Waals surface area contributed by atoms with Gasteiger partial charge in [-0.15, -0.1) is 0 Å². The number of imidazole rings is 1. The highest BCUT2D eigenvalue weighted by atomic mass is 15.1. The molecule has 0 unspecified atom stereocenters. The van der Waals surface area contributed by atoms with Crippen molar-refractivity contribution in [2.24, 2.45) is 0 Å². The summed E-state index contributed by atoms with van der Waals surface area (Å²) in [5.74, 6) is 0. The zero-order valence-corrected chi connectivity index (χ0v) is 12.0. The van der Waals surface area contributed by atoms with Gasteiger partial charge in [0.25, 0.3) is 0 Å². The maximum atomic E-state index is 4.61. The number of aryl methyl sites for hydroxylation is 1. The summed E-state index contributed by atoms with van der Waals surface area (Å²) in [5, 5.41) is 0. The molecule has 0 N–H and O–H groups in total. The smallest absolute Gasteiger partial charge is 0.155 e. The summed E-state index contributed by atoms with van der Waals surface area (Å²) in [7, 11) is 2.09. The van der Waals surface area contributed by atoms with Gasteiger partial charge in [0.05, 0.1) is 17.6 Å². The highest BCUT2D eigenvalue weighted by Crippen LogP contribution is 2.22. The van der Waals surface area contributed by atoms with Crippen molar-refractivity contribution in [1.82, 2.24) is 14.4 Å². The minimum atomic E-state index is 0.875. The quantitative estimate of drug-likeness (QED) is 0.730. The monoisotopic (exact) mass is 266 g/mol. The zero-order valence-electron chi connectivity index (χ0n) is 12.0. The summed E-state index contributed by atoms with van der Waals surface area (Å²) >= 11 is 0. The first-order valence-electron chi connectivity index (χ1n) is 6.80. The molecule has 4 heteroatoms. The molecule has 0 aliphatic rings. The highest BCUT2D eigenvalue weighted by Gasteiger charge is 2.05. The van der Waals surface area contributed by atoms with Crippen molar-refractivity contribution in [2.75, 3.05) is 18.5 Å². The van der Waals surface area contributed by atoms with Gasteiger partial charge in [-0.25, -0.2) is 4.98 Å². The Morgan fingerprint density at radius 2 is 1.90 bits per heavy atom. The fourth-order valence-corrected chi connectivity index (χ4v) is 2.21. The van der Waals surface area contributed by atoms with Gasteiger partial charge in [-0.3, -0.25) is 4.98 Å². The molecule has 0 atom stereocenters. The van der Waals surface area contributed by atoms with Gasteiger partial charge >= 0.3 is 0 Å². The molecule has 0 amide bonds. The van der Waals surface area contributed by atoms with Gasteiger partial charge in [0, 0.05) is 37.2 Å². The third-order valence-corrected chi connectivity index (χ3v) is 3.55. The van der Waals surface area contributed by atoms with Crippen LogP contribution in [0.5, 0.6) is 0 Å². The molecule has 0 fully saturated rings. The third-order valence-electron chi connectivity index (χ3n) is 3.55. The van der Waals surface area contributed by atoms with E-state index in [2.05, 4.69) is 53.1 Å². The molecule has 2 aromatic heterocycles. The molecule has 0 radical (unpaired) electrons. The molecular weight excluding hydrogens is 248 g/mol. The number of fused-ring (bicyclic) bond motifs is 1. The van der Waals surface area contributed by atoms with E-state index in [4.69, 9.17) is 0 Å². The topological polar surface area (TPSA) is 33.4 Å². The maximum Gasteiger partial charge on any atom is 0.155 e. The molecule has 102 valence electrons. The Balaban J connectivity index is 1.98. The second-order valence-corrected chi connectivity index (χ2v) is 4.98. The standard InChI is InChI=1S/C16H18N4/c1-4-19(3)14-7-5-13(6-8-14)15-11-20-10-12(2)17-9-16(20)18-15/h5-11H,4H2,1-3H3. The van der Waals surface area contributed by atoms with Crippen molar-refractivity contribution in [2.45, 2.75) is 13.8 Å². The maximum absolute atomic E-state index is 4.61. The van der Waals surface area contributed by atoms with Crippen molar-refractivity contribution in [1.29, 1.82) is 0 Å². The summed E-state index contributed by atoms with van der Waals surface area (Å²) < 4.78 is 2.02. The summed E-state index contributed by atoms with van der Waals surface area (Å²) in [6.45, 7) is 5.12. The van der Waals surface area contributed by atoms with Crippen molar-refractivity contribution in [3.8, 4) is 11.3 Å². The number of nitrogens with zero attached hydrogens (tertiary/aromatic N) is 4. The molecule has 0 aliphatic heterocycles. The molecule has 0 aliphatic carbocycles. The Kier molecular flexibility index (Phi) is 3.14. The fourth-order valence-electron chi connectivity index (χ4n) is 2.21. The van der Waals surface area contributed by atoms with Gasteiger partial charge in [-0.2, -0.15) is 0 Å². The number of hydrogen-bond donors (Lipinski definition) is 0. The average Bonchev–Trinajstić information content (AvgIpc) is 2.89. The van der Waals surface area contributed by atoms with E-state index in [1.807, 2.05) is 23.7 Å². The van der Waals surface area contributed by atoms with Crippen LogP contribution in [-0.4, -0.2) is 28.0 Å². The molecule has 2 heterocycles. The Labute approximate surface area is 118 Å². The number of benzene rings is 1. The van der Waals surface area contributed by atoms with Crippen LogP contribution in [0.25, 0.3) is 16.9 Å². The molecule has 0 saturated heterocycles. The van der Waals surface area contributed by atoms with E-state index in [-0.39, 0.29) is 0 Å². The lowest BCUT2D eigenvalue weighted by atomic mass is 10.1. The van der Waals surface area contributed by atoms with Gasteiger partial charge < -0.3 is 9.30 Å². The van der Waals surface area contributed by atoms with Crippen LogP contribution in [-0.2, 0) is 0 Å². The van der Waals surface area contributed by atoms with Crippen LogP contribution < -0.4 is 4.90 Å². The summed E-state index contributed by atoms with van der Waals surface area (Å²) in [4.78, 5) is 11.1. The van der Waals surface area contributed by atoms with Gasteiger partial charge in [0.1, 0.15) is 0 Å². The van der Waals surface area contributed by atoms with Crippen LogP contribution in [0.1, 0.15) is 12.6 Å². The minimum Gasteiger partial charge on any atom is -0.375 e. The van der Waals surface area contributed by atoms with E-state index in [0.717, 1.165) is 29.1 Å². The van der Waals surface area contributed by atoms with Crippen LogP contribution in [0, 0.1) is 6.92 Å². The molecule has 20 heavy (non-hydrogen) atoms. The summed E-state index contributed by atoms with van der Waals surface area (Å²) in [6, 6.07) is 8.49. The van der Waals surface area contributed by atoms with E-state index >= 15 is 0 Å². The second kappa shape index (κ2) is 4.96. The number of anilines is 1.